The Hall–Kier alpha value is -2.41. The Morgan fingerprint density at radius 1 is 1.32 bits per heavy atom. The van der Waals surface area contributed by atoms with Gasteiger partial charge < -0.3 is 15.4 Å². The van der Waals surface area contributed by atoms with Crippen LogP contribution in [-0.4, -0.2) is 26.2 Å². The van der Waals surface area contributed by atoms with Gasteiger partial charge in [0.1, 0.15) is 11.4 Å². The number of benzene rings is 1. The number of imidazole rings is 1. The number of nitrogens with zero attached hydrogens (tertiary/aromatic N) is 2. The van der Waals surface area contributed by atoms with Crippen molar-refractivity contribution in [2.75, 3.05) is 0 Å². The third-order valence-corrected chi connectivity index (χ3v) is 6.49. The van der Waals surface area contributed by atoms with Crippen LogP contribution in [0, 0.1) is 0 Å². The smallest absolute Gasteiger partial charge is 0.328 e. The number of hydrogen-bond donors (Lipinski definition) is 2. The minimum atomic E-state index is -1.44. The van der Waals surface area contributed by atoms with Gasteiger partial charge in [0, 0.05) is 41.1 Å². The van der Waals surface area contributed by atoms with Gasteiger partial charge in [0.2, 0.25) is 0 Å². The number of halogens is 1. The predicted molar refractivity (Wildman–Crippen MR) is 127 cm³/mol. The van der Waals surface area contributed by atoms with E-state index in [0.29, 0.717) is 13.0 Å². The standard InChI is InChI=1S/C24H28ClN3O2S/c1-2-3-12-22-27-16-19(28(22)17-18-8-4-5-11-21(18)25)9-6-13-24(26,23(29)30)15-20-10-7-14-31-20/h4-8,10-11,13-14,16H,2-3,9,12,15,17,26H2,1H3,(H,29,30). The topological polar surface area (TPSA) is 81.1 Å². The fourth-order valence-corrected chi connectivity index (χ4v) is 4.45. The first kappa shape index (κ1) is 23.3. The molecule has 2 heterocycles. The molecule has 2 aromatic heterocycles. The van der Waals surface area contributed by atoms with Crippen LogP contribution in [-0.2, 0) is 30.6 Å². The van der Waals surface area contributed by atoms with Gasteiger partial charge in [-0.3, -0.25) is 0 Å². The van der Waals surface area contributed by atoms with E-state index >= 15 is 0 Å². The van der Waals surface area contributed by atoms with Gasteiger partial charge in [-0.05, 0) is 29.5 Å². The average Bonchev–Trinajstić information content (AvgIpc) is 3.38. The molecule has 5 nitrogen and oxygen atoms in total. The summed E-state index contributed by atoms with van der Waals surface area (Å²) in [6.45, 7) is 2.79. The highest BCUT2D eigenvalue weighted by Crippen LogP contribution is 2.21. The maximum Gasteiger partial charge on any atom is 0.328 e. The maximum atomic E-state index is 11.9. The number of hydrogen-bond acceptors (Lipinski definition) is 4. The van der Waals surface area contributed by atoms with Crippen molar-refractivity contribution in [3.63, 3.8) is 0 Å². The van der Waals surface area contributed by atoms with Crippen LogP contribution in [0.3, 0.4) is 0 Å². The van der Waals surface area contributed by atoms with Crippen LogP contribution < -0.4 is 5.73 Å². The molecule has 164 valence electrons. The normalized spacial score (nSPS) is 13.5. The first-order chi connectivity index (χ1) is 14.9. The highest BCUT2D eigenvalue weighted by molar-refractivity contribution is 7.09. The fourth-order valence-electron chi connectivity index (χ4n) is 3.44. The van der Waals surface area contributed by atoms with Crippen LogP contribution in [0.15, 0.2) is 60.1 Å². The van der Waals surface area contributed by atoms with Crippen molar-refractivity contribution in [3.8, 4) is 0 Å². The molecule has 1 atom stereocenters. The first-order valence-corrected chi connectivity index (χ1v) is 11.7. The number of aryl methyl sites for hydroxylation is 1. The van der Waals surface area contributed by atoms with Crippen molar-refractivity contribution in [3.05, 3.63) is 87.1 Å². The summed E-state index contributed by atoms with van der Waals surface area (Å²) >= 11 is 7.90. The fraction of sp³-hybridized carbons (Fsp3) is 0.333. The highest BCUT2D eigenvalue weighted by atomic mass is 35.5. The van der Waals surface area contributed by atoms with Crippen LogP contribution in [0.25, 0.3) is 0 Å². The molecular formula is C24H28ClN3O2S. The number of nitrogens with two attached hydrogens (primary N) is 1. The van der Waals surface area contributed by atoms with Gasteiger partial charge in [0.25, 0.3) is 0 Å². The van der Waals surface area contributed by atoms with Crippen LogP contribution in [0.5, 0.6) is 0 Å². The first-order valence-electron chi connectivity index (χ1n) is 10.4. The third-order valence-electron chi connectivity index (χ3n) is 5.25. The summed E-state index contributed by atoms with van der Waals surface area (Å²) in [5, 5.41) is 12.4. The average molecular weight is 458 g/mol. The maximum absolute atomic E-state index is 11.9. The number of carbonyl (C=O) groups is 1. The van der Waals surface area contributed by atoms with E-state index in [-0.39, 0.29) is 6.42 Å². The Morgan fingerprint density at radius 3 is 2.81 bits per heavy atom. The van der Waals surface area contributed by atoms with E-state index in [4.69, 9.17) is 17.3 Å². The molecule has 0 saturated heterocycles. The quantitative estimate of drug-likeness (QED) is 0.392. The monoisotopic (exact) mass is 457 g/mol. The summed E-state index contributed by atoms with van der Waals surface area (Å²) < 4.78 is 2.18. The van der Waals surface area contributed by atoms with Crippen LogP contribution in [0.4, 0.5) is 0 Å². The molecule has 3 rings (SSSR count). The number of allylic oxidation sites excluding steroid dienone is 1. The van der Waals surface area contributed by atoms with E-state index in [1.165, 1.54) is 11.3 Å². The molecular weight excluding hydrogens is 430 g/mol. The number of unbranched alkanes of at least 4 members (excludes halogenated alkanes) is 1. The largest absolute Gasteiger partial charge is 0.480 e. The predicted octanol–water partition coefficient (Wildman–Crippen LogP) is 5.11. The summed E-state index contributed by atoms with van der Waals surface area (Å²) in [5.74, 6) is -0.0219. The molecule has 0 amide bonds. The molecule has 0 saturated carbocycles. The zero-order chi connectivity index (χ0) is 22.3. The van der Waals surface area contributed by atoms with E-state index in [9.17, 15) is 9.90 Å². The van der Waals surface area contributed by atoms with Crippen molar-refractivity contribution in [1.82, 2.24) is 9.55 Å². The van der Waals surface area contributed by atoms with E-state index in [1.807, 2.05) is 54.1 Å². The Morgan fingerprint density at radius 2 is 2.13 bits per heavy atom. The van der Waals surface area contributed by atoms with Crippen LogP contribution >= 0.6 is 22.9 Å². The second kappa shape index (κ2) is 10.8. The van der Waals surface area contributed by atoms with Crippen molar-refractivity contribution < 1.29 is 9.90 Å². The molecule has 0 aliphatic carbocycles. The SMILES string of the molecule is CCCCc1ncc(CC=CC(N)(Cc2cccs2)C(=O)O)n1Cc1ccccc1Cl. The summed E-state index contributed by atoms with van der Waals surface area (Å²) in [4.78, 5) is 17.4. The van der Waals surface area contributed by atoms with E-state index in [0.717, 1.165) is 46.2 Å². The molecule has 7 heteroatoms. The van der Waals surface area contributed by atoms with Gasteiger partial charge in [0.05, 0.1) is 6.54 Å². The van der Waals surface area contributed by atoms with Crippen molar-refractivity contribution >= 4 is 28.9 Å². The number of carboxylic acid groups (broad SMARTS) is 1. The van der Waals surface area contributed by atoms with Gasteiger partial charge in [-0.1, -0.05) is 61.4 Å². The van der Waals surface area contributed by atoms with Gasteiger partial charge in [-0.15, -0.1) is 11.3 Å². The number of thiophene rings is 1. The minimum Gasteiger partial charge on any atom is -0.480 e. The second-order valence-electron chi connectivity index (χ2n) is 7.66. The molecule has 1 aromatic carbocycles. The van der Waals surface area contributed by atoms with E-state index < -0.39 is 11.5 Å². The van der Waals surface area contributed by atoms with Crippen LogP contribution in [0.2, 0.25) is 5.02 Å². The Labute approximate surface area is 192 Å². The van der Waals surface area contributed by atoms with Crippen molar-refractivity contribution in [2.45, 2.75) is 51.1 Å². The molecule has 1 unspecified atom stereocenters. The zero-order valence-electron chi connectivity index (χ0n) is 17.6. The molecule has 0 spiro atoms. The van der Waals surface area contributed by atoms with Crippen molar-refractivity contribution in [2.24, 2.45) is 5.73 Å². The van der Waals surface area contributed by atoms with E-state index in [1.54, 1.807) is 6.08 Å². The Balaban J connectivity index is 1.82. The third kappa shape index (κ3) is 6.06. The number of aromatic nitrogens is 2. The van der Waals surface area contributed by atoms with Gasteiger partial charge in [0.15, 0.2) is 0 Å². The molecule has 31 heavy (non-hydrogen) atoms. The van der Waals surface area contributed by atoms with Gasteiger partial charge in [-0.2, -0.15) is 0 Å². The lowest BCUT2D eigenvalue weighted by molar-refractivity contribution is -0.141. The Kier molecular flexibility index (Phi) is 8.07. The van der Waals surface area contributed by atoms with E-state index in [2.05, 4.69) is 16.5 Å². The Bertz CT molecular complexity index is 1030. The lowest BCUT2D eigenvalue weighted by atomic mass is 9.94. The summed E-state index contributed by atoms with van der Waals surface area (Å²) in [6, 6.07) is 11.6. The number of rotatable bonds is 11. The van der Waals surface area contributed by atoms with Crippen molar-refractivity contribution in [1.29, 1.82) is 0 Å². The minimum absolute atomic E-state index is 0.261. The lowest BCUT2D eigenvalue weighted by Crippen LogP contribution is -2.48. The number of aliphatic carboxylic acids is 1. The highest BCUT2D eigenvalue weighted by Gasteiger charge is 2.31. The molecule has 0 aliphatic heterocycles. The van der Waals surface area contributed by atoms with Crippen LogP contribution in [0.1, 0.15) is 41.7 Å². The molecule has 0 fully saturated rings. The van der Waals surface area contributed by atoms with Gasteiger partial charge in [-0.25, -0.2) is 9.78 Å². The summed E-state index contributed by atoms with van der Waals surface area (Å²) in [5.41, 5.74) is 6.82. The van der Waals surface area contributed by atoms with Gasteiger partial charge >= 0.3 is 5.97 Å². The molecule has 3 N–H and O–H groups in total. The number of carboxylic acids is 1. The molecule has 3 aromatic rings. The second-order valence-corrected chi connectivity index (χ2v) is 9.09. The summed E-state index contributed by atoms with van der Waals surface area (Å²) in [6.07, 6.45) is 9.14. The molecule has 0 aliphatic rings. The molecule has 0 bridgehead atoms. The zero-order valence-corrected chi connectivity index (χ0v) is 19.2. The summed E-state index contributed by atoms with van der Waals surface area (Å²) in [7, 11) is 0. The lowest BCUT2D eigenvalue weighted by Gasteiger charge is -2.20. The molecule has 0 radical (unpaired) electrons.